The van der Waals surface area contributed by atoms with Gasteiger partial charge < -0.3 is 4.74 Å². The second kappa shape index (κ2) is 14.1. The van der Waals surface area contributed by atoms with E-state index in [1.807, 2.05) is 0 Å². The molecule has 1 heterocycles. The third kappa shape index (κ3) is 10.2. The van der Waals surface area contributed by atoms with Gasteiger partial charge in [0, 0.05) is 6.42 Å². The van der Waals surface area contributed by atoms with Gasteiger partial charge in [0.2, 0.25) is 5.91 Å². The molecule has 0 saturated carbocycles. The van der Waals surface area contributed by atoms with Crippen LogP contribution in [0.2, 0.25) is 0 Å². The van der Waals surface area contributed by atoms with Crippen LogP contribution in [-0.2, 0) is 19.6 Å². The molecule has 1 N–H and O–H groups in total. The van der Waals surface area contributed by atoms with E-state index >= 15 is 0 Å². The number of ether oxygens (including phenoxy) is 1. The standard InChI is InChI=1S/C22H36N4O4S/c1-2-3-4-5-6-7-8-9-10-11-22(27)24-31(28,29)21-14-12-20(13-15-21)23-25-26-16-18-30-19-17-26/h12-15H,2-11,16-19H2,1H3,(H,24,27). The molecule has 9 heteroatoms. The van der Waals surface area contributed by atoms with Crippen LogP contribution in [0.1, 0.15) is 71.1 Å². The smallest absolute Gasteiger partial charge is 0.264 e. The van der Waals surface area contributed by atoms with Crippen molar-refractivity contribution in [1.29, 1.82) is 0 Å². The minimum absolute atomic E-state index is 0.0400. The number of morpholine rings is 1. The number of carbonyl (C=O) groups excluding carboxylic acids is 1. The monoisotopic (exact) mass is 452 g/mol. The summed E-state index contributed by atoms with van der Waals surface area (Å²) in [6.07, 6.45) is 10.5. The van der Waals surface area contributed by atoms with Gasteiger partial charge in [-0.05, 0) is 30.7 Å². The van der Waals surface area contributed by atoms with Crippen molar-refractivity contribution in [2.24, 2.45) is 10.3 Å². The largest absolute Gasteiger partial charge is 0.378 e. The van der Waals surface area contributed by atoms with Crippen molar-refractivity contribution < 1.29 is 17.9 Å². The summed E-state index contributed by atoms with van der Waals surface area (Å²) >= 11 is 0. The summed E-state index contributed by atoms with van der Waals surface area (Å²) in [4.78, 5) is 12.1. The number of nitrogens with one attached hydrogen (secondary N) is 1. The van der Waals surface area contributed by atoms with Gasteiger partial charge in [0.1, 0.15) is 0 Å². The minimum atomic E-state index is -3.87. The second-order valence-electron chi connectivity index (χ2n) is 7.86. The topological polar surface area (TPSA) is 100 Å². The fourth-order valence-electron chi connectivity index (χ4n) is 3.31. The Bertz CT molecular complexity index is 775. The van der Waals surface area contributed by atoms with Crippen LogP contribution in [0.25, 0.3) is 0 Å². The normalized spacial score (nSPS) is 14.8. The van der Waals surface area contributed by atoms with Gasteiger partial charge in [-0.3, -0.25) is 9.80 Å². The Kier molecular flexibility index (Phi) is 11.5. The van der Waals surface area contributed by atoms with Crippen molar-refractivity contribution in [3.8, 4) is 0 Å². The van der Waals surface area contributed by atoms with Gasteiger partial charge in [-0.2, -0.15) is 0 Å². The van der Waals surface area contributed by atoms with Gasteiger partial charge in [0.05, 0.1) is 36.9 Å². The van der Waals surface area contributed by atoms with Crippen molar-refractivity contribution in [2.75, 3.05) is 26.3 Å². The molecule has 0 aromatic heterocycles. The molecule has 1 aromatic carbocycles. The maximum absolute atomic E-state index is 12.4. The average Bonchev–Trinajstić information content (AvgIpc) is 2.77. The van der Waals surface area contributed by atoms with E-state index in [0.717, 1.165) is 12.8 Å². The van der Waals surface area contributed by atoms with Crippen molar-refractivity contribution >= 4 is 21.6 Å². The maximum Gasteiger partial charge on any atom is 0.264 e. The minimum Gasteiger partial charge on any atom is -0.378 e. The third-order valence-electron chi connectivity index (χ3n) is 5.18. The molecule has 1 saturated heterocycles. The molecule has 1 fully saturated rings. The predicted octanol–water partition coefficient (Wildman–Crippen LogP) is 4.74. The average molecular weight is 453 g/mol. The number of benzene rings is 1. The fraction of sp³-hybridized carbons (Fsp3) is 0.682. The number of unbranched alkanes of at least 4 members (excludes halogenated alkanes) is 8. The molecule has 0 atom stereocenters. The summed E-state index contributed by atoms with van der Waals surface area (Å²) in [6.45, 7) is 4.81. The lowest BCUT2D eigenvalue weighted by atomic mass is 10.1. The van der Waals surface area contributed by atoms with Crippen LogP contribution >= 0.6 is 0 Å². The molecular formula is C22H36N4O4S. The number of amides is 1. The van der Waals surface area contributed by atoms with Gasteiger partial charge in [-0.1, -0.05) is 63.5 Å². The van der Waals surface area contributed by atoms with Gasteiger partial charge in [0.25, 0.3) is 10.0 Å². The van der Waals surface area contributed by atoms with Crippen molar-refractivity contribution in [2.45, 2.75) is 76.0 Å². The third-order valence-corrected chi connectivity index (χ3v) is 6.57. The first-order chi connectivity index (χ1) is 15.0. The number of hydrogen-bond acceptors (Lipinski definition) is 6. The summed E-state index contributed by atoms with van der Waals surface area (Å²) in [5.41, 5.74) is 0.548. The highest BCUT2D eigenvalue weighted by Crippen LogP contribution is 2.18. The molecule has 8 nitrogen and oxygen atoms in total. The lowest BCUT2D eigenvalue weighted by Crippen LogP contribution is -2.31. The summed E-state index contributed by atoms with van der Waals surface area (Å²) in [5.74, 6) is -0.459. The molecule has 1 aromatic rings. The number of hydrogen-bond donors (Lipinski definition) is 1. The Labute approximate surface area is 186 Å². The van der Waals surface area contributed by atoms with Gasteiger partial charge in [-0.15, -0.1) is 5.11 Å². The molecule has 0 bridgehead atoms. The van der Waals surface area contributed by atoms with Gasteiger partial charge >= 0.3 is 0 Å². The quantitative estimate of drug-likeness (QED) is 0.324. The first-order valence-corrected chi connectivity index (χ1v) is 12.9. The van der Waals surface area contributed by atoms with Gasteiger partial charge in [0.15, 0.2) is 0 Å². The number of rotatable bonds is 14. The zero-order valence-electron chi connectivity index (χ0n) is 18.6. The van der Waals surface area contributed by atoms with Crippen LogP contribution < -0.4 is 4.72 Å². The first kappa shape index (κ1) is 25.3. The molecule has 1 aliphatic heterocycles. The van der Waals surface area contributed by atoms with Crippen LogP contribution in [-0.4, -0.2) is 45.6 Å². The highest BCUT2D eigenvalue weighted by atomic mass is 32.2. The van der Waals surface area contributed by atoms with E-state index in [9.17, 15) is 13.2 Å². The molecule has 0 radical (unpaired) electrons. The molecule has 31 heavy (non-hydrogen) atoms. The fourth-order valence-corrected chi connectivity index (χ4v) is 4.32. The van der Waals surface area contributed by atoms with Crippen molar-refractivity contribution in [3.63, 3.8) is 0 Å². The Morgan fingerprint density at radius 3 is 2.16 bits per heavy atom. The molecular weight excluding hydrogens is 416 g/mol. The SMILES string of the molecule is CCCCCCCCCCCC(=O)NS(=O)(=O)c1ccc(N=NN2CCOCC2)cc1. The Morgan fingerprint density at radius 2 is 1.55 bits per heavy atom. The highest BCUT2D eigenvalue weighted by Gasteiger charge is 2.17. The molecule has 2 rings (SSSR count). The number of sulfonamides is 1. The molecule has 0 spiro atoms. The molecule has 0 aliphatic carbocycles. The second-order valence-corrected chi connectivity index (χ2v) is 9.54. The summed E-state index contributed by atoms with van der Waals surface area (Å²) < 4.78 is 32.2. The van der Waals surface area contributed by atoms with Crippen LogP contribution in [0.15, 0.2) is 39.5 Å². The zero-order valence-corrected chi connectivity index (χ0v) is 19.4. The summed E-state index contributed by atoms with van der Waals surface area (Å²) in [5, 5.41) is 10.0. The Morgan fingerprint density at radius 1 is 0.968 bits per heavy atom. The van der Waals surface area contributed by atoms with Crippen LogP contribution in [0.4, 0.5) is 5.69 Å². The van der Waals surface area contributed by atoms with Crippen LogP contribution in [0.3, 0.4) is 0 Å². The van der Waals surface area contributed by atoms with Crippen molar-refractivity contribution in [3.05, 3.63) is 24.3 Å². The van der Waals surface area contributed by atoms with Gasteiger partial charge in [-0.25, -0.2) is 13.1 Å². The Balaban J connectivity index is 1.68. The van der Waals surface area contributed by atoms with E-state index in [1.165, 1.54) is 50.7 Å². The summed E-state index contributed by atoms with van der Waals surface area (Å²) in [7, 11) is -3.87. The van der Waals surface area contributed by atoms with Crippen LogP contribution in [0.5, 0.6) is 0 Å². The predicted molar refractivity (Wildman–Crippen MR) is 121 cm³/mol. The van der Waals surface area contributed by atoms with Crippen LogP contribution in [0, 0.1) is 0 Å². The van der Waals surface area contributed by atoms with E-state index in [0.29, 0.717) is 38.4 Å². The summed E-state index contributed by atoms with van der Waals surface area (Å²) in [6, 6.07) is 6.01. The molecule has 174 valence electrons. The number of carbonyl (C=O) groups is 1. The van der Waals surface area contributed by atoms with E-state index in [-0.39, 0.29) is 11.3 Å². The van der Waals surface area contributed by atoms with Crippen molar-refractivity contribution in [1.82, 2.24) is 9.73 Å². The van der Waals surface area contributed by atoms with E-state index in [4.69, 9.17) is 4.74 Å². The first-order valence-electron chi connectivity index (χ1n) is 11.4. The van der Waals surface area contributed by atoms with E-state index in [2.05, 4.69) is 22.0 Å². The lowest BCUT2D eigenvalue weighted by molar-refractivity contribution is -0.119. The Hall–Kier alpha value is -2.00. The molecule has 1 amide bonds. The lowest BCUT2D eigenvalue weighted by Gasteiger charge is -2.22. The zero-order chi connectivity index (χ0) is 22.4. The molecule has 0 unspecified atom stereocenters. The van der Waals surface area contributed by atoms with E-state index < -0.39 is 15.9 Å². The number of nitrogens with zero attached hydrogens (tertiary/aromatic N) is 3. The molecule has 1 aliphatic rings. The van der Waals surface area contributed by atoms with E-state index in [1.54, 1.807) is 17.1 Å². The highest BCUT2D eigenvalue weighted by molar-refractivity contribution is 7.90. The maximum atomic E-state index is 12.4.